The van der Waals surface area contributed by atoms with Gasteiger partial charge in [-0.1, -0.05) is 35.7 Å². The Morgan fingerprint density at radius 3 is 2.28 bits per heavy atom. The molecule has 234 valence electrons. The zero-order valence-corrected chi connectivity index (χ0v) is 24.9. The first-order valence-corrected chi connectivity index (χ1v) is 14.5. The van der Waals surface area contributed by atoms with Crippen LogP contribution in [0.25, 0.3) is 11.0 Å². The molecular formula is C28H35Cl2N5O8. The first-order chi connectivity index (χ1) is 20.9. The first kappa shape index (κ1) is 33.3. The van der Waals surface area contributed by atoms with Crippen molar-refractivity contribution in [3.63, 3.8) is 0 Å². The number of aliphatic hydroxyl groups excluding tert-OH is 3. The van der Waals surface area contributed by atoms with E-state index in [9.17, 15) is 15.3 Å². The van der Waals surface area contributed by atoms with Gasteiger partial charge in [-0.3, -0.25) is 0 Å². The highest BCUT2D eigenvalue weighted by Crippen LogP contribution is 2.34. The van der Waals surface area contributed by atoms with E-state index in [1.54, 1.807) is 6.07 Å². The van der Waals surface area contributed by atoms with Crippen LogP contribution in [0.15, 0.2) is 30.5 Å². The molecule has 1 saturated heterocycles. The molecule has 0 aliphatic carbocycles. The number of benzene rings is 1. The Balaban J connectivity index is 1.40. The molecule has 43 heavy (non-hydrogen) atoms. The van der Waals surface area contributed by atoms with Gasteiger partial charge in [0.15, 0.2) is 11.9 Å². The molecule has 15 heteroatoms. The lowest BCUT2D eigenvalue weighted by atomic mass is 10.1. The Labute approximate surface area is 259 Å². The van der Waals surface area contributed by atoms with Crippen LogP contribution in [0.4, 0.5) is 5.82 Å². The fourth-order valence-corrected chi connectivity index (χ4v) is 4.81. The molecule has 1 aliphatic heterocycles. The molecule has 4 atom stereocenters. The molecule has 13 nitrogen and oxygen atoms in total. The number of anilines is 1. The van der Waals surface area contributed by atoms with Crippen LogP contribution in [0.1, 0.15) is 11.8 Å². The van der Waals surface area contributed by atoms with Gasteiger partial charge in [0, 0.05) is 18.1 Å². The van der Waals surface area contributed by atoms with E-state index in [-0.39, 0.29) is 17.5 Å². The third kappa shape index (κ3) is 8.96. The van der Waals surface area contributed by atoms with Crippen LogP contribution in [0, 0.1) is 12.3 Å². The number of halogens is 2. The Hall–Kier alpha value is -2.61. The predicted octanol–water partition coefficient (Wildman–Crippen LogP) is 1.45. The third-order valence-corrected chi connectivity index (χ3v) is 7.13. The Morgan fingerprint density at radius 2 is 1.63 bits per heavy atom. The lowest BCUT2D eigenvalue weighted by molar-refractivity contribution is -0.0566. The van der Waals surface area contributed by atoms with Crippen molar-refractivity contribution in [1.29, 1.82) is 0 Å². The second-order valence-electron chi connectivity index (χ2n) is 9.48. The summed E-state index contributed by atoms with van der Waals surface area (Å²) in [5.74, 6) is 2.86. The number of aliphatic hydroxyl groups is 3. The number of hydrogen-bond acceptors (Lipinski definition) is 12. The minimum atomic E-state index is -1.34. The van der Waals surface area contributed by atoms with E-state index in [1.165, 1.54) is 10.9 Å². The summed E-state index contributed by atoms with van der Waals surface area (Å²) in [5, 5.41) is 35.7. The third-order valence-electron chi connectivity index (χ3n) is 6.59. The molecule has 2 aromatic heterocycles. The zero-order chi connectivity index (χ0) is 30.6. The number of aromatic nitrogens is 4. The van der Waals surface area contributed by atoms with Crippen LogP contribution >= 0.6 is 23.2 Å². The van der Waals surface area contributed by atoms with Crippen molar-refractivity contribution in [2.45, 2.75) is 31.1 Å². The molecule has 0 radical (unpaired) electrons. The van der Waals surface area contributed by atoms with E-state index in [4.69, 9.17) is 53.3 Å². The van der Waals surface area contributed by atoms with Crippen molar-refractivity contribution in [3.05, 3.63) is 46.3 Å². The standard InChI is InChI=1S/C28H35Cl2N5O8/c1-2-8-39-10-12-41-14-15-42-13-11-40-9-7-34(17-19-5-3-4-6-21(19)29)25-20-16-31-35(26(20)33-28(30)32-25)27-24(38)23(37)22(18-36)43-27/h1,3-6,16,22-24,27,36-38H,7-15,17-18H2/t22-,23-,24-,27-/m1/s1. The van der Waals surface area contributed by atoms with Gasteiger partial charge < -0.3 is 43.9 Å². The summed E-state index contributed by atoms with van der Waals surface area (Å²) in [6.07, 6.45) is 1.96. The monoisotopic (exact) mass is 639 g/mol. The smallest absolute Gasteiger partial charge is 0.226 e. The number of ether oxygens (including phenoxy) is 5. The van der Waals surface area contributed by atoms with Crippen molar-refractivity contribution >= 4 is 40.1 Å². The largest absolute Gasteiger partial charge is 0.394 e. The molecule has 1 aliphatic rings. The normalized spacial score (nSPS) is 20.1. The Kier molecular flexibility index (Phi) is 13.2. The lowest BCUT2D eigenvalue weighted by Gasteiger charge is -2.25. The van der Waals surface area contributed by atoms with Crippen LogP contribution in [-0.2, 0) is 30.2 Å². The lowest BCUT2D eigenvalue weighted by Crippen LogP contribution is -2.33. The van der Waals surface area contributed by atoms with Gasteiger partial charge in [0.1, 0.15) is 30.7 Å². The topological polar surface area (TPSA) is 154 Å². The summed E-state index contributed by atoms with van der Waals surface area (Å²) in [4.78, 5) is 10.8. The van der Waals surface area contributed by atoms with Crippen LogP contribution in [0.2, 0.25) is 10.3 Å². The number of terminal acetylenes is 1. The van der Waals surface area contributed by atoms with Crippen LogP contribution < -0.4 is 4.90 Å². The average Bonchev–Trinajstić information content (AvgIpc) is 3.55. The summed E-state index contributed by atoms with van der Waals surface area (Å²) < 4.78 is 28.9. The molecule has 0 amide bonds. The minimum Gasteiger partial charge on any atom is -0.394 e. The molecule has 0 bridgehead atoms. The average molecular weight is 641 g/mol. The fourth-order valence-electron chi connectivity index (χ4n) is 4.45. The maximum absolute atomic E-state index is 10.6. The molecule has 0 unspecified atom stereocenters. The van der Waals surface area contributed by atoms with Crippen molar-refractivity contribution in [2.24, 2.45) is 0 Å². The van der Waals surface area contributed by atoms with Gasteiger partial charge in [-0.25, -0.2) is 4.68 Å². The summed E-state index contributed by atoms with van der Waals surface area (Å²) >= 11 is 12.8. The molecule has 1 fully saturated rings. The summed E-state index contributed by atoms with van der Waals surface area (Å²) in [6, 6.07) is 7.46. The van der Waals surface area contributed by atoms with E-state index < -0.39 is 31.1 Å². The van der Waals surface area contributed by atoms with Gasteiger partial charge in [0.2, 0.25) is 5.28 Å². The zero-order valence-electron chi connectivity index (χ0n) is 23.4. The van der Waals surface area contributed by atoms with Crippen molar-refractivity contribution in [1.82, 2.24) is 19.7 Å². The summed E-state index contributed by atoms with van der Waals surface area (Å²) in [5.41, 5.74) is 1.14. The van der Waals surface area contributed by atoms with Gasteiger partial charge >= 0.3 is 0 Å². The van der Waals surface area contributed by atoms with Crippen molar-refractivity contribution in [2.75, 3.05) is 70.9 Å². The Morgan fingerprint density at radius 1 is 0.953 bits per heavy atom. The van der Waals surface area contributed by atoms with Crippen LogP contribution in [-0.4, -0.2) is 119 Å². The molecule has 3 aromatic rings. The molecule has 3 heterocycles. The maximum atomic E-state index is 10.6. The Bertz CT molecular complexity index is 1340. The van der Waals surface area contributed by atoms with Crippen molar-refractivity contribution < 1.29 is 39.0 Å². The quantitative estimate of drug-likeness (QED) is 0.105. The molecule has 0 spiro atoms. The van der Waals surface area contributed by atoms with Gasteiger partial charge in [0.25, 0.3) is 0 Å². The highest BCUT2D eigenvalue weighted by atomic mass is 35.5. The molecular weight excluding hydrogens is 605 g/mol. The SMILES string of the molecule is C#CCOCCOCCOCCOCCN(Cc1ccccc1Cl)c1nc(Cl)nc2c1cnn2[C@@H]1O[C@H](CO)[C@@H](O)[C@H]1O. The summed E-state index contributed by atoms with van der Waals surface area (Å²) in [7, 11) is 0. The van der Waals surface area contributed by atoms with E-state index >= 15 is 0 Å². The van der Waals surface area contributed by atoms with Crippen LogP contribution in [0.3, 0.4) is 0 Å². The molecule has 1 aromatic carbocycles. The van der Waals surface area contributed by atoms with E-state index in [0.29, 0.717) is 75.6 Å². The van der Waals surface area contributed by atoms with Gasteiger partial charge in [-0.15, -0.1) is 6.42 Å². The maximum Gasteiger partial charge on any atom is 0.226 e. The van der Waals surface area contributed by atoms with Gasteiger partial charge in [0.05, 0.1) is 64.4 Å². The van der Waals surface area contributed by atoms with Gasteiger partial charge in [-0.2, -0.15) is 15.1 Å². The second-order valence-corrected chi connectivity index (χ2v) is 10.2. The minimum absolute atomic E-state index is 0.0562. The molecule has 4 rings (SSSR count). The fraction of sp³-hybridized carbons (Fsp3) is 0.536. The van der Waals surface area contributed by atoms with Crippen LogP contribution in [0.5, 0.6) is 0 Å². The van der Waals surface area contributed by atoms with E-state index in [2.05, 4.69) is 21.0 Å². The molecule has 3 N–H and O–H groups in total. The second kappa shape index (κ2) is 17.0. The first-order valence-electron chi connectivity index (χ1n) is 13.7. The number of rotatable bonds is 18. The van der Waals surface area contributed by atoms with Gasteiger partial charge in [-0.05, 0) is 23.2 Å². The highest BCUT2D eigenvalue weighted by molar-refractivity contribution is 6.31. The van der Waals surface area contributed by atoms with E-state index in [1.807, 2.05) is 23.1 Å². The van der Waals surface area contributed by atoms with E-state index in [0.717, 1.165) is 5.56 Å². The predicted molar refractivity (Wildman–Crippen MR) is 158 cm³/mol. The number of hydrogen-bond donors (Lipinski definition) is 3. The molecule has 0 saturated carbocycles. The highest BCUT2D eigenvalue weighted by Gasteiger charge is 2.44. The number of fused-ring (bicyclic) bond motifs is 1. The van der Waals surface area contributed by atoms with Crippen molar-refractivity contribution in [3.8, 4) is 12.3 Å². The number of nitrogens with zero attached hydrogens (tertiary/aromatic N) is 5. The summed E-state index contributed by atoms with van der Waals surface area (Å²) in [6.45, 7) is 3.43.